The van der Waals surface area contributed by atoms with E-state index in [0.717, 1.165) is 6.42 Å². The van der Waals surface area contributed by atoms with E-state index in [4.69, 9.17) is 4.42 Å². The van der Waals surface area contributed by atoms with Crippen molar-refractivity contribution >= 4 is 21.7 Å². The Morgan fingerprint density at radius 2 is 1.86 bits per heavy atom. The van der Waals surface area contributed by atoms with Crippen LogP contribution >= 0.6 is 0 Å². The van der Waals surface area contributed by atoms with E-state index < -0.39 is 20.9 Å². The van der Waals surface area contributed by atoms with Crippen LogP contribution in [0.1, 0.15) is 58.3 Å². The fourth-order valence-corrected chi connectivity index (χ4v) is 8.39. The molecule has 9 heteroatoms. The quantitative estimate of drug-likeness (QED) is 0.421. The lowest BCUT2D eigenvalue weighted by Crippen LogP contribution is -2.50. The van der Waals surface area contributed by atoms with Crippen molar-refractivity contribution in [3.8, 4) is 0 Å². The van der Waals surface area contributed by atoms with Gasteiger partial charge in [-0.15, -0.1) is 0 Å². The molecule has 0 N–H and O–H groups in total. The predicted molar refractivity (Wildman–Crippen MR) is 138 cm³/mol. The number of furan rings is 1. The number of fused-ring (bicyclic) bond motifs is 2. The summed E-state index contributed by atoms with van der Waals surface area (Å²) < 4.78 is 47.8. The number of halogens is 1. The summed E-state index contributed by atoms with van der Waals surface area (Å²) in [5, 5.41) is 0. The molecule has 2 bridgehead atoms. The van der Waals surface area contributed by atoms with Gasteiger partial charge < -0.3 is 9.32 Å². The molecule has 0 aliphatic heterocycles. The minimum absolute atomic E-state index is 0.0145. The Bertz CT molecular complexity index is 1220. The standard InChI is InChI=1S/C28H37FN2O5S/c1-20(2)15-31(37(34,35)19-28-12-11-22(14-25(28)32)27(28,3)4)18-26(33)30(17-24-6-5-13-36-24)16-21-7-9-23(29)10-8-21/h5-10,13,20,22H,11-12,14-19H2,1-4H3. The van der Waals surface area contributed by atoms with Gasteiger partial charge in [-0.2, -0.15) is 4.31 Å². The van der Waals surface area contributed by atoms with Crippen LogP contribution in [0.5, 0.6) is 0 Å². The molecule has 2 saturated carbocycles. The monoisotopic (exact) mass is 532 g/mol. The van der Waals surface area contributed by atoms with Crippen LogP contribution in [-0.2, 0) is 32.7 Å². The zero-order chi connectivity index (χ0) is 27.0. The molecule has 2 unspecified atom stereocenters. The summed E-state index contributed by atoms with van der Waals surface area (Å²) in [6, 6.07) is 9.33. The highest BCUT2D eigenvalue weighted by molar-refractivity contribution is 7.89. The number of carbonyl (C=O) groups is 2. The molecule has 37 heavy (non-hydrogen) atoms. The summed E-state index contributed by atoms with van der Waals surface area (Å²) in [5.41, 5.74) is -0.580. The molecule has 0 saturated heterocycles. The molecule has 1 aromatic heterocycles. The van der Waals surface area contributed by atoms with Gasteiger partial charge in [0.05, 0.1) is 25.1 Å². The number of rotatable bonds is 11. The summed E-state index contributed by atoms with van der Waals surface area (Å²) in [4.78, 5) is 28.2. The molecule has 0 spiro atoms. The molecular formula is C28H37FN2O5S. The van der Waals surface area contributed by atoms with Crippen molar-refractivity contribution in [2.45, 2.75) is 60.0 Å². The van der Waals surface area contributed by atoms with Gasteiger partial charge in [0.25, 0.3) is 0 Å². The topological polar surface area (TPSA) is 87.9 Å². The third-order valence-electron chi connectivity index (χ3n) is 8.41. The van der Waals surface area contributed by atoms with Crippen molar-refractivity contribution in [2.24, 2.45) is 22.7 Å². The van der Waals surface area contributed by atoms with E-state index in [9.17, 15) is 22.4 Å². The van der Waals surface area contributed by atoms with Crippen LogP contribution in [0.25, 0.3) is 0 Å². The van der Waals surface area contributed by atoms with Crippen LogP contribution in [0, 0.1) is 28.5 Å². The lowest BCUT2D eigenvalue weighted by molar-refractivity contribution is -0.133. The van der Waals surface area contributed by atoms with Crippen molar-refractivity contribution in [3.63, 3.8) is 0 Å². The first-order valence-electron chi connectivity index (χ1n) is 12.9. The maximum absolute atomic E-state index is 13.9. The summed E-state index contributed by atoms with van der Waals surface area (Å²) >= 11 is 0. The van der Waals surface area contributed by atoms with E-state index in [0.29, 0.717) is 24.2 Å². The van der Waals surface area contributed by atoms with Gasteiger partial charge in [-0.3, -0.25) is 9.59 Å². The molecule has 2 aromatic rings. The molecule has 1 heterocycles. The molecular weight excluding hydrogens is 495 g/mol. The third kappa shape index (κ3) is 5.53. The Morgan fingerprint density at radius 3 is 2.41 bits per heavy atom. The molecule has 202 valence electrons. The Kier molecular flexibility index (Phi) is 7.68. The van der Waals surface area contributed by atoms with E-state index in [1.165, 1.54) is 27.6 Å². The predicted octanol–water partition coefficient (Wildman–Crippen LogP) is 4.63. The second-order valence-electron chi connectivity index (χ2n) is 11.6. The van der Waals surface area contributed by atoms with E-state index in [1.54, 1.807) is 24.3 Å². The van der Waals surface area contributed by atoms with E-state index >= 15 is 0 Å². The molecule has 2 aliphatic carbocycles. The smallest absolute Gasteiger partial charge is 0.238 e. The molecule has 0 radical (unpaired) electrons. The minimum Gasteiger partial charge on any atom is -0.467 e. The summed E-state index contributed by atoms with van der Waals surface area (Å²) in [6.45, 7) is 7.99. The average Bonchev–Trinajstić information content (AvgIpc) is 3.45. The molecule has 4 rings (SSSR count). The van der Waals surface area contributed by atoms with Crippen molar-refractivity contribution < 1.29 is 26.8 Å². The number of carbonyl (C=O) groups excluding carboxylic acids is 2. The number of hydrogen-bond acceptors (Lipinski definition) is 5. The number of sulfonamides is 1. The van der Waals surface area contributed by atoms with E-state index in [2.05, 4.69) is 0 Å². The van der Waals surface area contributed by atoms with Crippen LogP contribution in [0.15, 0.2) is 47.1 Å². The number of hydrogen-bond donors (Lipinski definition) is 0. The minimum atomic E-state index is -3.93. The van der Waals surface area contributed by atoms with E-state index in [-0.39, 0.29) is 61.3 Å². The second kappa shape index (κ2) is 10.3. The fraction of sp³-hybridized carbons (Fsp3) is 0.571. The first kappa shape index (κ1) is 27.5. The highest BCUT2D eigenvalue weighted by Crippen LogP contribution is 2.64. The van der Waals surface area contributed by atoms with Crippen molar-refractivity contribution in [1.82, 2.24) is 9.21 Å². The number of ketones is 1. The van der Waals surface area contributed by atoms with Crippen molar-refractivity contribution in [2.75, 3.05) is 18.8 Å². The SMILES string of the molecule is CC(C)CN(CC(=O)N(Cc1ccc(F)cc1)Cc1ccco1)S(=O)(=O)CC12CCC(CC1=O)C2(C)C. The first-order valence-corrected chi connectivity index (χ1v) is 14.5. The molecule has 7 nitrogen and oxygen atoms in total. The van der Waals surface area contributed by atoms with Gasteiger partial charge in [-0.25, -0.2) is 12.8 Å². The molecule has 1 aromatic carbocycles. The van der Waals surface area contributed by atoms with Gasteiger partial charge in [0.2, 0.25) is 15.9 Å². The lowest BCUT2D eigenvalue weighted by Gasteiger charge is -2.38. The summed E-state index contributed by atoms with van der Waals surface area (Å²) in [6.07, 6.45) is 3.37. The van der Waals surface area contributed by atoms with Gasteiger partial charge in [0, 0.05) is 24.9 Å². The van der Waals surface area contributed by atoms with Gasteiger partial charge >= 0.3 is 0 Å². The largest absolute Gasteiger partial charge is 0.467 e. The van der Waals surface area contributed by atoms with Crippen molar-refractivity contribution in [3.05, 3.63) is 59.8 Å². The number of amides is 1. The average molecular weight is 533 g/mol. The lowest BCUT2D eigenvalue weighted by atomic mass is 9.70. The maximum atomic E-state index is 13.9. The number of benzene rings is 1. The maximum Gasteiger partial charge on any atom is 0.238 e. The van der Waals surface area contributed by atoms with Crippen LogP contribution in [0.3, 0.4) is 0 Å². The van der Waals surface area contributed by atoms with E-state index in [1.807, 2.05) is 27.7 Å². The fourth-order valence-electron chi connectivity index (χ4n) is 6.08. The Hall–Kier alpha value is -2.52. The van der Waals surface area contributed by atoms with Crippen LogP contribution in [-0.4, -0.2) is 48.2 Å². The zero-order valence-electron chi connectivity index (χ0n) is 22.1. The molecule has 2 fully saturated rings. The van der Waals surface area contributed by atoms with Gasteiger partial charge in [0.15, 0.2) is 0 Å². The normalized spacial score (nSPS) is 22.8. The number of Topliss-reactive ketones (excluding diaryl/α,β-unsaturated/α-hetero) is 1. The van der Waals surface area contributed by atoms with Crippen LogP contribution < -0.4 is 0 Å². The van der Waals surface area contributed by atoms with Gasteiger partial charge in [0.1, 0.15) is 17.4 Å². The molecule has 2 aliphatic rings. The third-order valence-corrected chi connectivity index (χ3v) is 10.3. The Labute approximate surface area is 219 Å². The highest BCUT2D eigenvalue weighted by Gasteiger charge is 2.65. The Balaban J connectivity index is 1.58. The van der Waals surface area contributed by atoms with Gasteiger partial charge in [-0.1, -0.05) is 39.8 Å². The van der Waals surface area contributed by atoms with Gasteiger partial charge in [-0.05, 0) is 59.9 Å². The van der Waals surface area contributed by atoms with Crippen molar-refractivity contribution in [1.29, 1.82) is 0 Å². The molecule has 1 amide bonds. The first-order chi connectivity index (χ1) is 17.3. The van der Waals surface area contributed by atoms with Crippen LogP contribution in [0.4, 0.5) is 4.39 Å². The van der Waals surface area contributed by atoms with Crippen LogP contribution in [0.2, 0.25) is 0 Å². The zero-order valence-corrected chi connectivity index (χ0v) is 22.9. The second-order valence-corrected chi connectivity index (χ2v) is 13.5. The summed E-state index contributed by atoms with van der Waals surface area (Å²) in [7, 11) is -3.93. The highest BCUT2D eigenvalue weighted by atomic mass is 32.2. The summed E-state index contributed by atoms with van der Waals surface area (Å²) in [5.74, 6) is -0.247. The Morgan fingerprint density at radius 1 is 1.16 bits per heavy atom. The number of nitrogens with zero attached hydrogens (tertiary/aromatic N) is 2. The molecule has 2 atom stereocenters.